The summed E-state index contributed by atoms with van der Waals surface area (Å²) >= 11 is 0. The van der Waals surface area contributed by atoms with Gasteiger partial charge in [-0.25, -0.2) is 4.79 Å². The number of para-hydroxylation sites is 1. The highest BCUT2D eigenvalue weighted by Gasteiger charge is 2.34. The second kappa shape index (κ2) is 12.3. The summed E-state index contributed by atoms with van der Waals surface area (Å²) in [6.45, 7) is 8.03. The number of aliphatic carboxylic acids is 1. The Morgan fingerprint density at radius 3 is 2.46 bits per heavy atom. The molecule has 0 spiro atoms. The predicted molar refractivity (Wildman–Crippen MR) is 186 cm³/mol. The molecule has 48 heavy (non-hydrogen) atoms. The van der Waals surface area contributed by atoms with Crippen LogP contribution in [0.4, 0.5) is 0 Å². The molecule has 7 rings (SSSR count). The van der Waals surface area contributed by atoms with E-state index in [1.807, 2.05) is 100 Å². The van der Waals surface area contributed by atoms with Gasteiger partial charge >= 0.3 is 5.97 Å². The number of nitrogens with zero attached hydrogens (tertiary/aromatic N) is 1. The molecule has 0 aliphatic carbocycles. The number of aromatic amines is 1. The van der Waals surface area contributed by atoms with Crippen LogP contribution in [0.2, 0.25) is 0 Å². The van der Waals surface area contributed by atoms with Gasteiger partial charge in [0.2, 0.25) is 5.56 Å². The zero-order chi connectivity index (χ0) is 33.6. The van der Waals surface area contributed by atoms with Crippen molar-refractivity contribution < 1.29 is 24.1 Å². The van der Waals surface area contributed by atoms with Crippen LogP contribution < -0.4 is 15.0 Å². The summed E-state index contributed by atoms with van der Waals surface area (Å²) in [6.07, 6.45) is 1.65. The van der Waals surface area contributed by atoms with Crippen molar-refractivity contribution in [2.45, 2.75) is 52.2 Å². The van der Waals surface area contributed by atoms with E-state index in [2.05, 4.69) is 4.98 Å². The fraction of sp³-hybridized carbons (Fsp3) is 0.225. The van der Waals surface area contributed by atoms with E-state index in [1.54, 1.807) is 12.3 Å². The van der Waals surface area contributed by atoms with Crippen molar-refractivity contribution in [1.29, 1.82) is 0 Å². The Kier molecular flexibility index (Phi) is 7.97. The molecule has 2 N–H and O–H groups in total. The van der Waals surface area contributed by atoms with Gasteiger partial charge in [0.25, 0.3) is 0 Å². The lowest BCUT2D eigenvalue weighted by atomic mass is 9.83. The van der Waals surface area contributed by atoms with Gasteiger partial charge in [-0.2, -0.15) is 0 Å². The standard InChI is InChI=1S/C40H36N2O6/c1-23-30(22-24-10-12-27(13-11-24)47-26-8-6-5-7-9-26)36-28(15-17-32(43)42-36)35(33(23)38(39(44)45)48-40(2,3)4)29-14-16-31-34-25(19-21-46-31)18-20-41-37(29)34/h5-18,20,38H,19,21-22H2,1-4H3,(H,42,43)(H,44,45)/t38-/m0/s1. The van der Waals surface area contributed by atoms with Crippen molar-refractivity contribution in [3.8, 4) is 28.4 Å². The summed E-state index contributed by atoms with van der Waals surface area (Å²) in [5.41, 5.74) is 5.86. The molecule has 8 heteroatoms. The molecule has 2 aromatic heterocycles. The molecule has 0 amide bonds. The maximum atomic E-state index is 13.2. The number of carbonyl (C=O) groups is 1. The van der Waals surface area contributed by atoms with Gasteiger partial charge in [-0.3, -0.25) is 9.78 Å². The van der Waals surface area contributed by atoms with Crippen LogP contribution in [0.25, 0.3) is 32.9 Å². The zero-order valence-electron chi connectivity index (χ0n) is 27.3. The number of carboxylic acids is 1. The number of ether oxygens (including phenoxy) is 3. The fourth-order valence-electron chi connectivity index (χ4n) is 6.64. The van der Waals surface area contributed by atoms with Crippen LogP contribution in [0.3, 0.4) is 0 Å². The quantitative estimate of drug-likeness (QED) is 0.172. The van der Waals surface area contributed by atoms with Gasteiger partial charge < -0.3 is 24.3 Å². The maximum absolute atomic E-state index is 13.2. The number of rotatable bonds is 8. The molecule has 0 saturated heterocycles. The Morgan fingerprint density at radius 2 is 1.73 bits per heavy atom. The molecule has 6 aromatic rings. The molecule has 0 saturated carbocycles. The van der Waals surface area contributed by atoms with Crippen molar-refractivity contribution >= 4 is 27.8 Å². The van der Waals surface area contributed by atoms with Crippen LogP contribution in [0.1, 0.15) is 54.7 Å². The first-order valence-corrected chi connectivity index (χ1v) is 16.0. The molecule has 0 unspecified atom stereocenters. The number of fused-ring (bicyclic) bond motifs is 1. The van der Waals surface area contributed by atoms with Crippen molar-refractivity contribution in [2.24, 2.45) is 0 Å². The molecule has 8 nitrogen and oxygen atoms in total. The lowest BCUT2D eigenvalue weighted by Gasteiger charge is -2.30. The van der Waals surface area contributed by atoms with E-state index in [-0.39, 0.29) is 5.56 Å². The van der Waals surface area contributed by atoms with Crippen LogP contribution in [-0.4, -0.2) is 33.3 Å². The first kappa shape index (κ1) is 31.1. The van der Waals surface area contributed by atoms with Gasteiger partial charge in [0.05, 0.1) is 23.2 Å². The molecule has 4 aromatic carbocycles. The van der Waals surface area contributed by atoms with Gasteiger partial charge in [0.15, 0.2) is 6.10 Å². The Morgan fingerprint density at radius 1 is 0.979 bits per heavy atom. The highest BCUT2D eigenvalue weighted by Crippen LogP contribution is 2.46. The predicted octanol–water partition coefficient (Wildman–Crippen LogP) is 8.31. The fourth-order valence-corrected chi connectivity index (χ4v) is 6.64. The number of hydrogen-bond donors (Lipinski definition) is 2. The zero-order valence-corrected chi connectivity index (χ0v) is 27.3. The second-order valence-electron chi connectivity index (χ2n) is 13.1. The molecule has 1 aliphatic rings. The summed E-state index contributed by atoms with van der Waals surface area (Å²) in [4.78, 5) is 34.0. The number of carboxylic acid groups (broad SMARTS) is 1. The highest BCUT2D eigenvalue weighted by molar-refractivity contribution is 6.09. The third kappa shape index (κ3) is 5.91. The van der Waals surface area contributed by atoms with Crippen LogP contribution in [0, 0.1) is 6.92 Å². The minimum absolute atomic E-state index is 0.252. The van der Waals surface area contributed by atoms with Crippen LogP contribution in [0.5, 0.6) is 17.2 Å². The topological polar surface area (TPSA) is 111 Å². The van der Waals surface area contributed by atoms with Gasteiger partial charge in [0.1, 0.15) is 17.2 Å². The van der Waals surface area contributed by atoms with Crippen LogP contribution in [0.15, 0.2) is 95.9 Å². The summed E-state index contributed by atoms with van der Waals surface area (Å²) in [6, 6.07) is 26.5. The first-order chi connectivity index (χ1) is 23.1. The van der Waals surface area contributed by atoms with E-state index in [0.29, 0.717) is 46.3 Å². The third-order valence-electron chi connectivity index (χ3n) is 8.70. The normalized spacial score (nSPS) is 13.3. The monoisotopic (exact) mass is 640 g/mol. The van der Waals surface area contributed by atoms with E-state index >= 15 is 0 Å². The van der Waals surface area contributed by atoms with Gasteiger partial charge in [0, 0.05) is 40.6 Å². The van der Waals surface area contributed by atoms with E-state index in [4.69, 9.17) is 19.2 Å². The SMILES string of the molecule is Cc1c([C@H](OC(C)(C)C)C(=O)O)c(-c2ccc3c4c(ccnc24)CCO3)c2ccc(=O)[nH]c2c1Cc1ccc(Oc2ccccc2)cc1. The summed E-state index contributed by atoms with van der Waals surface area (Å²) < 4.78 is 18.3. The summed E-state index contributed by atoms with van der Waals surface area (Å²) in [5, 5.41) is 12.4. The largest absolute Gasteiger partial charge is 0.493 e. The van der Waals surface area contributed by atoms with Gasteiger partial charge in [-0.05, 0) is 110 Å². The molecular formula is C40H36N2O6. The smallest absolute Gasteiger partial charge is 0.337 e. The number of pyridine rings is 2. The molecule has 0 radical (unpaired) electrons. The lowest BCUT2D eigenvalue weighted by molar-refractivity contribution is -0.160. The first-order valence-electron chi connectivity index (χ1n) is 16.0. The van der Waals surface area contributed by atoms with Crippen molar-refractivity contribution in [2.75, 3.05) is 6.61 Å². The Balaban J connectivity index is 1.47. The number of nitrogens with one attached hydrogen (secondary N) is 1. The Labute approximate surface area is 278 Å². The summed E-state index contributed by atoms with van der Waals surface area (Å²) in [7, 11) is 0. The van der Waals surface area contributed by atoms with Crippen LogP contribution in [-0.2, 0) is 22.4 Å². The lowest BCUT2D eigenvalue weighted by Crippen LogP contribution is -2.28. The molecular weight excluding hydrogens is 604 g/mol. The van der Waals surface area contributed by atoms with Crippen molar-refractivity contribution in [3.05, 3.63) is 129 Å². The minimum Gasteiger partial charge on any atom is -0.493 e. The Hall–Kier alpha value is -5.47. The molecule has 1 aliphatic heterocycles. The summed E-state index contributed by atoms with van der Waals surface area (Å²) in [5.74, 6) is 1.07. The van der Waals surface area contributed by atoms with Gasteiger partial charge in [-0.15, -0.1) is 0 Å². The second-order valence-corrected chi connectivity index (χ2v) is 13.1. The van der Waals surface area contributed by atoms with E-state index < -0.39 is 17.7 Å². The van der Waals surface area contributed by atoms with Crippen molar-refractivity contribution in [1.82, 2.24) is 9.97 Å². The Bertz CT molecular complexity index is 2220. The van der Waals surface area contributed by atoms with E-state index in [9.17, 15) is 14.7 Å². The third-order valence-corrected chi connectivity index (χ3v) is 8.70. The van der Waals surface area contributed by atoms with Gasteiger partial charge in [-0.1, -0.05) is 30.3 Å². The average molecular weight is 641 g/mol. The van der Waals surface area contributed by atoms with E-state index in [1.165, 1.54) is 6.07 Å². The number of H-pyrrole nitrogens is 1. The van der Waals surface area contributed by atoms with E-state index in [0.717, 1.165) is 51.1 Å². The highest BCUT2D eigenvalue weighted by atomic mass is 16.5. The number of benzene rings is 4. The molecule has 0 fully saturated rings. The molecule has 3 heterocycles. The number of aromatic nitrogens is 2. The molecule has 1 atom stereocenters. The number of hydrogen-bond acceptors (Lipinski definition) is 6. The van der Waals surface area contributed by atoms with Crippen LogP contribution >= 0.6 is 0 Å². The maximum Gasteiger partial charge on any atom is 0.337 e. The average Bonchev–Trinajstić information content (AvgIpc) is 3.06. The molecule has 0 bridgehead atoms. The van der Waals surface area contributed by atoms with Crippen molar-refractivity contribution in [3.63, 3.8) is 0 Å². The molecule has 242 valence electrons. The minimum atomic E-state index is -1.31.